The van der Waals surface area contributed by atoms with E-state index in [1.807, 2.05) is 0 Å². The normalized spacial score (nSPS) is 18.0. The van der Waals surface area contributed by atoms with Crippen LogP contribution in [0.2, 0.25) is 0 Å². The molecular formula is C15H17F2N3O4. The Morgan fingerprint density at radius 2 is 2.12 bits per heavy atom. The number of hydrogen-bond donors (Lipinski definition) is 2. The Hall–Kier alpha value is -2.55. The van der Waals surface area contributed by atoms with Crippen LogP contribution in [0.15, 0.2) is 18.2 Å². The molecule has 1 aliphatic heterocycles. The molecule has 1 aliphatic rings. The summed E-state index contributed by atoms with van der Waals surface area (Å²) in [6.45, 7) is 0.543. The molecule has 0 bridgehead atoms. The van der Waals surface area contributed by atoms with Crippen molar-refractivity contribution in [1.82, 2.24) is 10.2 Å². The second kappa shape index (κ2) is 7.82. The molecule has 130 valence electrons. The van der Waals surface area contributed by atoms with E-state index in [-0.39, 0.29) is 24.6 Å². The highest BCUT2D eigenvalue weighted by Gasteiger charge is 2.33. The van der Waals surface area contributed by atoms with Crippen LogP contribution in [0.3, 0.4) is 0 Å². The number of piperazine rings is 1. The second-order valence-corrected chi connectivity index (χ2v) is 5.23. The van der Waals surface area contributed by atoms with Gasteiger partial charge in [-0.3, -0.25) is 19.3 Å². The standard InChI is InChI=1S/C15H17F2N3O4/c1-24-14(22)7-12-15(23)18-4-5-20(12)8-13(21)19-9-2-3-10(16)11(17)6-9/h2-3,6,12H,4-5,7-8H2,1H3,(H,18,23)(H,19,21)/t12-/m1/s1. The van der Waals surface area contributed by atoms with Crippen LogP contribution >= 0.6 is 0 Å². The molecule has 1 aromatic carbocycles. The lowest BCUT2D eigenvalue weighted by Gasteiger charge is -2.33. The van der Waals surface area contributed by atoms with Crippen LogP contribution < -0.4 is 10.6 Å². The number of amides is 2. The highest BCUT2D eigenvalue weighted by atomic mass is 19.2. The van der Waals surface area contributed by atoms with Gasteiger partial charge in [-0.25, -0.2) is 8.78 Å². The van der Waals surface area contributed by atoms with Gasteiger partial charge in [-0.2, -0.15) is 0 Å². The average molecular weight is 341 g/mol. The number of ether oxygens (including phenoxy) is 1. The largest absolute Gasteiger partial charge is 0.469 e. The zero-order chi connectivity index (χ0) is 17.7. The molecule has 0 spiro atoms. The SMILES string of the molecule is COC(=O)C[C@@H]1C(=O)NCCN1CC(=O)Nc1ccc(F)c(F)c1. The lowest BCUT2D eigenvalue weighted by Crippen LogP contribution is -2.57. The van der Waals surface area contributed by atoms with Gasteiger partial charge in [0.25, 0.3) is 0 Å². The summed E-state index contributed by atoms with van der Waals surface area (Å²) in [6.07, 6.45) is -0.180. The first-order chi connectivity index (χ1) is 11.4. The van der Waals surface area contributed by atoms with Crippen LogP contribution in [0.1, 0.15) is 6.42 Å². The van der Waals surface area contributed by atoms with Gasteiger partial charge in [-0.05, 0) is 12.1 Å². The molecule has 1 aromatic rings. The summed E-state index contributed by atoms with van der Waals surface area (Å²) < 4.78 is 30.6. The number of esters is 1. The van der Waals surface area contributed by atoms with Gasteiger partial charge in [-0.15, -0.1) is 0 Å². The third-order valence-electron chi connectivity index (χ3n) is 3.58. The maximum atomic E-state index is 13.1. The minimum atomic E-state index is -1.08. The first-order valence-electron chi connectivity index (χ1n) is 7.24. The number of carbonyl (C=O) groups excluding carboxylic acids is 3. The van der Waals surface area contributed by atoms with Crippen LogP contribution in [0.25, 0.3) is 0 Å². The van der Waals surface area contributed by atoms with Crippen molar-refractivity contribution in [2.45, 2.75) is 12.5 Å². The summed E-state index contributed by atoms with van der Waals surface area (Å²) in [5, 5.41) is 5.04. The summed E-state index contributed by atoms with van der Waals surface area (Å²) in [4.78, 5) is 36.9. The predicted octanol–water partition coefficient (Wildman–Crippen LogP) is 0.267. The Balaban J connectivity index is 2.00. The summed E-state index contributed by atoms with van der Waals surface area (Å²) >= 11 is 0. The first kappa shape index (κ1) is 17.8. The van der Waals surface area contributed by atoms with Gasteiger partial charge < -0.3 is 15.4 Å². The van der Waals surface area contributed by atoms with Crippen molar-refractivity contribution in [2.75, 3.05) is 32.1 Å². The lowest BCUT2D eigenvalue weighted by molar-refractivity contribution is -0.146. The average Bonchev–Trinajstić information content (AvgIpc) is 2.54. The van der Waals surface area contributed by atoms with Crippen molar-refractivity contribution in [3.63, 3.8) is 0 Å². The van der Waals surface area contributed by atoms with E-state index in [4.69, 9.17) is 0 Å². The minimum Gasteiger partial charge on any atom is -0.469 e. The Bertz CT molecular complexity index is 654. The monoisotopic (exact) mass is 341 g/mol. The van der Waals surface area contributed by atoms with Gasteiger partial charge in [-0.1, -0.05) is 0 Å². The van der Waals surface area contributed by atoms with Gasteiger partial charge in [0.05, 0.1) is 20.1 Å². The molecule has 1 saturated heterocycles. The number of benzene rings is 1. The fraction of sp³-hybridized carbons (Fsp3) is 0.400. The lowest BCUT2D eigenvalue weighted by atomic mass is 10.1. The molecule has 1 atom stereocenters. The third kappa shape index (κ3) is 4.48. The summed E-state index contributed by atoms with van der Waals surface area (Å²) in [7, 11) is 1.21. The van der Waals surface area contributed by atoms with E-state index < -0.39 is 29.6 Å². The van der Waals surface area contributed by atoms with Crippen molar-refractivity contribution in [3.05, 3.63) is 29.8 Å². The van der Waals surface area contributed by atoms with Gasteiger partial charge >= 0.3 is 5.97 Å². The Kier molecular flexibility index (Phi) is 5.80. The summed E-state index contributed by atoms with van der Waals surface area (Å²) in [5.41, 5.74) is 0.102. The molecule has 2 N–H and O–H groups in total. The molecule has 1 fully saturated rings. The second-order valence-electron chi connectivity index (χ2n) is 5.23. The Labute approximate surface area is 136 Å². The van der Waals surface area contributed by atoms with E-state index in [0.29, 0.717) is 13.1 Å². The van der Waals surface area contributed by atoms with Gasteiger partial charge in [0.15, 0.2) is 11.6 Å². The Morgan fingerprint density at radius 1 is 1.38 bits per heavy atom. The summed E-state index contributed by atoms with van der Waals surface area (Å²) in [5.74, 6) is -3.53. The minimum absolute atomic E-state index is 0.102. The Morgan fingerprint density at radius 3 is 2.79 bits per heavy atom. The fourth-order valence-electron chi connectivity index (χ4n) is 2.37. The number of anilines is 1. The molecule has 0 saturated carbocycles. The molecule has 0 aliphatic carbocycles. The van der Waals surface area contributed by atoms with Crippen molar-refractivity contribution >= 4 is 23.5 Å². The van der Waals surface area contributed by atoms with Gasteiger partial charge in [0.1, 0.15) is 6.04 Å². The van der Waals surface area contributed by atoms with E-state index in [1.165, 1.54) is 18.1 Å². The maximum Gasteiger partial charge on any atom is 0.307 e. The molecule has 24 heavy (non-hydrogen) atoms. The van der Waals surface area contributed by atoms with Crippen LogP contribution in [0.4, 0.5) is 14.5 Å². The maximum absolute atomic E-state index is 13.1. The van der Waals surface area contributed by atoms with E-state index in [9.17, 15) is 23.2 Å². The van der Waals surface area contributed by atoms with Crippen molar-refractivity contribution in [2.24, 2.45) is 0 Å². The van der Waals surface area contributed by atoms with Gasteiger partial charge in [0, 0.05) is 24.8 Å². The number of nitrogens with one attached hydrogen (secondary N) is 2. The molecule has 0 unspecified atom stereocenters. The molecule has 7 nitrogen and oxygen atoms in total. The number of rotatable bonds is 5. The predicted molar refractivity (Wildman–Crippen MR) is 80.0 cm³/mol. The van der Waals surface area contributed by atoms with Crippen molar-refractivity contribution in [1.29, 1.82) is 0 Å². The first-order valence-corrected chi connectivity index (χ1v) is 7.24. The summed E-state index contributed by atoms with van der Waals surface area (Å²) in [6, 6.07) is 2.17. The fourth-order valence-corrected chi connectivity index (χ4v) is 2.37. The van der Waals surface area contributed by atoms with Crippen molar-refractivity contribution < 1.29 is 27.9 Å². The number of halogens is 2. The molecule has 2 rings (SSSR count). The van der Waals surface area contributed by atoms with E-state index in [0.717, 1.165) is 12.1 Å². The zero-order valence-corrected chi connectivity index (χ0v) is 13.0. The molecule has 0 aromatic heterocycles. The molecule has 1 heterocycles. The molecule has 0 radical (unpaired) electrons. The van der Waals surface area contributed by atoms with E-state index >= 15 is 0 Å². The third-order valence-corrected chi connectivity index (χ3v) is 3.58. The van der Waals surface area contributed by atoms with Crippen LogP contribution in [-0.4, -0.2) is 55.5 Å². The van der Waals surface area contributed by atoms with Crippen LogP contribution in [0.5, 0.6) is 0 Å². The molecule has 2 amide bonds. The van der Waals surface area contributed by atoms with Crippen molar-refractivity contribution in [3.8, 4) is 0 Å². The number of nitrogens with zero attached hydrogens (tertiary/aromatic N) is 1. The zero-order valence-electron chi connectivity index (χ0n) is 13.0. The topological polar surface area (TPSA) is 87.7 Å². The van der Waals surface area contributed by atoms with E-state index in [1.54, 1.807) is 0 Å². The quantitative estimate of drug-likeness (QED) is 0.751. The van der Waals surface area contributed by atoms with Crippen LogP contribution in [-0.2, 0) is 19.1 Å². The number of carbonyl (C=O) groups is 3. The smallest absolute Gasteiger partial charge is 0.307 e. The van der Waals surface area contributed by atoms with Crippen LogP contribution in [0, 0.1) is 11.6 Å². The highest BCUT2D eigenvalue weighted by Crippen LogP contribution is 2.14. The van der Waals surface area contributed by atoms with Gasteiger partial charge in [0.2, 0.25) is 11.8 Å². The molecular weight excluding hydrogens is 324 g/mol. The number of methoxy groups -OCH3 is 1. The highest BCUT2D eigenvalue weighted by molar-refractivity contribution is 5.93. The molecule has 9 heteroatoms. The van der Waals surface area contributed by atoms with E-state index in [2.05, 4.69) is 15.4 Å². The number of hydrogen-bond acceptors (Lipinski definition) is 5.